The lowest BCUT2D eigenvalue weighted by atomic mass is 9.69. The maximum Gasteiger partial charge on any atom is 0.225 e. The van der Waals surface area contributed by atoms with Gasteiger partial charge in [0.15, 0.2) is 0 Å². The van der Waals surface area contributed by atoms with E-state index >= 15 is 0 Å². The molecule has 0 spiro atoms. The number of carbonyl (C=O) groups is 2. The quantitative estimate of drug-likeness (QED) is 0.512. The largest absolute Gasteiger partial charge is 0.338 e. The number of carbonyl (C=O) groups excluding carboxylic acids is 2. The van der Waals surface area contributed by atoms with Crippen LogP contribution in [0.2, 0.25) is 0 Å². The van der Waals surface area contributed by atoms with Gasteiger partial charge in [-0.1, -0.05) is 89.5 Å². The summed E-state index contributed by atoms with van der Waals surface area (Å²) in [5.74, 6) is -0.126. The third-order valence-electron chi connectivity index (χ3n) is 5.69. The van der Waals surface area contributed by atoms with Crippen molar-refractivity contribution in [3.05, 3.63) is 0 Å². The Kier molecular flexibility index (Phi) is 9.26. The van der Waals surface area contributed by atoms with Crippen molar-refractivity contribution in [2.75, 3.05) is 6.67 Å². The standard InChI is InChI=1S/C24H48N2O2/c1-13-24(11,12)18(15-22(5,6)7)20(28)26-16-25-19(27)17(23(8,9)10)14-21(2,3)4/h17-18H,13-16H2,1-12H3,(H,25,27)(H,26,28). The van der Waals surface area contributed by atoms with E-state index in [-0.39, 0.29) is 52.0 Å². The van der Waals surface area contributed by atoms with Gasteiger partial charge in [0, 0.05) is 11.8 Å². The lowest BCUT2D eigenvalue weighted by Gasteiger charge is -2.37. The molecule has 2 N–H and O–H groups in total. The van der Waals surface area contributed by atoms with Gasteiger partial charge in [0.1, 0.15) is 0 Å². The van der Waals surface area contributed by atoms with E-state index in [9.17, 15) is 9.59 Å². The SMILES string of the molecule is CCC(C)(C)C(CC(C)(C)C)C(=O)NCNC(=O)C(CC(C)(C)C)C(C)(C)C. The average Bonchev–Trinajstić information content (AvgIpc) is 2.47. The van der Waals surface area contributed by atoms with E-state index in [2.05, 4.69) is 93.7 Å². The molecule has 0 aromatic carbocycles. The summed E-state index contributed by atoms with van der Waals surface area (Å²) in [6.07, 6.45) is 2.57. The van der Waals surface area contributed by atoms with Crippen molar-refractivity contribution < 1.29 is 9.59 Å². The second kappa shape index (κ2) is 9.63. The van der Waals surface area contributed by atoms with Gasteiger partial charge in [0.25, 0.3) is 0 Å². The third-order valence-corrected chi connectivity index (χ3v) is 5.69. The molecule has 0 saturated carbocycles. The zero-order chi connectivity index (χ0) is 22.6. The van der Waals surface area contributed by atoms with E-state index in [4.69, 9.17) is 0 Å². The smallest absolute Gasteiger partial charge is 0.225 e. The van der Waals surface area contributed by atoms with Gasteiger partial charge in [-0.25, -0.2) is 0 Å². The highest BCUT2D eigenvalue weighted by Gasteiger charge is 2.37. The molecule has 0 radical (unpaired) electrons. The van der Waals surface area contributed by atoms with E-state index in [1.165, 1.54) is 0 Å². The normalized spacial score (nSPS) is 15.7. The van der Waals surface area contributed by atoms with Gasteiger partial charge in [0.05, 0.1) is 6.67 Å². The van der Waals surface area contributed by atoms with Crippen LogP contribution in [0.15, 0.2) is 0 Å². The number of hydrogen-bond acceptors (Lipinski definition) is 2. The zero-order valence-electron chi connectivity index (χ0n) is 20.8. The maximum atomic E-state index is 12.9. The molecule has 0 heterocycles. The second-order valence-corrected chi connectivity index (χ2v) is 12.6. The second-order valence-electron chi connectivity index (χ2n) is 12.6. The first-order valence-electron chi connectivity index (χ1n) is 10.9. The highest BCUT2D eigenvalue weighted by Crippen LogP contribution is 2.39. The monoisotopic (exact) mass is 396 g/mol. The van der Waals surface area contributed by atoms with Gasteiger partial charge in [-0.3, -0.25) is 9.59 Å². The van der Waals surface area contributed by atoms with Gasteiger partial charge < -0.3 is 10.6 Å². The maximum absolute atomic E-state index is 12.9. The Balaban J connectivity index is 5.05. The van der Waals surface area contributed by atoms with E-state index in [1.807, 2.05) is 0 Å². The summed E-state index contributed by atoms with van der Waals surface area (Å²) in [4.78, 5) is 25.8. The number of amides is 2. The molecule has 0 aliphatic rings. The molecule has 28 heavy (non-hydrogen) atoms. The molecule has 4 nitrogen and oxygen atoms in total. The Hall–Kier alpha value is -1.06. The van der Waals surface area contributed by atoms with Gasteiger partial charge in [-0.05, 0) is 34.5 Å². The van der Waals surface area contributed by atoms with Crippen molar-refractivity contribution in [2.24, 2.45) is 33.5 Å². The highest BCUT2D eigenvalue weighted by molar-refractivity contribution is 5.82. The van der Waals surface area contributed by atoms with Crippen molar-refractivity contribution in [3.63, 3.8) is 0 Å². The van der Waals surface area contributed by atoms with Crippen molar-refractivity contribution in [1.29, 1.82) is 0 Å². The van der Waals surface area contributed by atoms with E-state index in [0.29, 0.717) is 0 Å². The highest BCUT2D eigenvalue weighted by atomic mass is 16.2. The molecular formula is C24H48N2O2. The first-order valence-corrected chi connectivity index (χ1v) is 10.9. The molecular weight excluding hydrogens is 348 g/mol. The van der Waals surface area contributed by atoms with Gasteiger partial charge >= 0.3 is 0 Å². The van der Waals surface area contributed by atoms with Crippen LogP contribution in [0.3, 0.4) is 0 Å². The van der Waals surface area contributed by atoms with Crippen molar-refractivity contribution in [1.82, 2.24) is 10.6 Å². The fourth-order valence-corrected chi connectivity index (χ4v) is 3.45. The van der Waals surface area contributed by atoms with Gasteiger partial charge in [-0.15, -0.1) is 0 Å². The van der Waals surface area contributed by atoms with Gasteiger partial charge in [0.2, 0.25) is 11.8 Å². The van der Waals surface area contributed by atoms with Gasteiger partial charge in [-0.2, -0.15) is 0 Å². The minimum atomic E-state index is -0.125. The summed E-state index contributed by atoms with van der Waals surface area (Å²) < 4.78 is 0. The molecule has 0 saturated heterocycles. The van der Waals surface area contributed by atoms with Crippen LogP contribution >= 0.6 is 0 Å². The van der Waals surface area contributed by atoms with Crippen LogP contribution in [0.1, 0.15) is 102 Å². The predicted molar refractivity (Wildman–Crippen MR) is 120 cm³/mol. The van der Waals surface area contributed by atoms with Crippen LogP contribution in [-0.4, -0.2) is 18.5 Å². The van der Waals surface area contributed by atoms with Crippen LogP contribution in [0.5, 0.6) is 0 Å². The summed E-state index contributed by atoms with van der Waals surface area (Å²) in [7, 11) is 0. The topological polar surface area (TPSA) is 58.2 Å². The van der Waals surface area contributed by atoms with Crippen molar-refractivity contribution in [2.45, 2.75) is 102 Å². The van der Waals surface area contributed by atoms with Crippen LogP contribution in [0.25, 0.3) is 0 Å². The minimum Gasteiger partial charge on any atom is -0.338 e. The van der Waals surface area contributed by atoms with E-state index in [1.54, 1.807) is 0 Å². The molecule has 0 aliphatic heterocycles. The molecule has 0 bridgehead atoms. The Morgan fingerprint density at radius 2 is 1.04 bits per heavy atom. The number of rotatable bonds is 8. The summed E-state index contributed by atoms with van der Waals surface area (Å²) in [6, 6.07) is 0. The molecule has 0 fully saturated rings. The first-order chi connectivity index (χ1) is 12.3. The van der Waals surface area contributed by atoms with E-state index < -0.39 is 0 Å². The first kappa shape index (κ1) is 26.9. The Bertz CT molecular complexity index is 516. The molecule has 0 aromatic rings. The lowest BCUT2D eigenvalue weighted by Crippen LogP contribution is -2.47. The predicted octanol–water partition coefficient (Wildman–Crippen LogP) is 5.76. The molecule has 0 rings (SSSR count). The minimum absolute atomic E-state index is 0.0184. The zero-order valence-corrected chi connectivity index (χ0v) is 20.8. The van der Waals surface area contributed by atoms with Crippen LogP contribution in [0.4, 0.5) is 0 Å². The average molecular weight is 397 g/mol. The summed E-state index contributed by atoms with van der Waals surface area (Å²) >= 11 is 0. The lowest BCUT2D eigenvalue weighted by molar-refractivity contribution is -0.132. The summed E-state index contributed by atoms with van der Waals surface area (Å²) in [5, 5.41) is 5.93. The Morgan fingerprint density at radius 1 is 0.679 bits per heavy atom. The fourth-order valence-electron chi connectivity index (χ4n) is 3.45. The van der Waals surface area contributed by atoms with Crippen LogP contribution in [0, 0.1) is 33.5 Å². The Labute approximate surface area is 175 Å². The molecule has 166 valence electrons. The number of hydrogen-bond donors (Lipinski definition) is 2. The van der Waals surface area contributed by atoms with Crippen molar-refractivity contribution >= 4 is 11.8 Å². The third kappa shape index (κ3) is 9.93. The Morgan fingerprint density at radius 3 is 1.36 bits per heavy atom. The molecule has 2 amide bonds. The molecule has 4 heteroatoms. The van der Waals surface area contributed by atoms with E-state index in [0.717, 1.165) is 19.3 Å². The molecule has 0 aromatic heterocycles. The van der Waals surface area contributed by atoms with Crippen LogP contribution in [-0.2, 0) is 9.59 Å². The summed E-state index contributed by atoms with van der Waals surface area (Å²) in [6.45, 7) is 25.9. The summed E-state index contributed by atoms with van der Waals surface area (Å²) in [5.41, 5.74) is -0.0644. The number of nitrogens with one attached hydrogen (secondary N) is 2. The van der Waals surface area contributed by atoms with Crippen LogP contribution < -0.4 is 10.6 Å². The fraction of sp³-hybridized carbons (Fsp3) is 0.917. The molecule has 2 atom stereocenters. The molecule has 2 unspecified atom stereocenters. The van der Waals surface area contributed by atoms with Crippen molar-refractivity contribution in [3.8, 4) is 0 Å². The molecule has 0 aliphatic carbocycles.